The van der Waals surface area contributed by atoms with Crippen molar-refractivity contribution in [2.75, 3.05) is 50.1 Å². The van der Waals surface area contributed by atoms with Crippen LogP contribution >= 0.6 is 11.3 Å². The maximum Gasteiger partial charge on any atom is 0.419 e. The molecule has 6 heterocycles. The standard InChI is InChI=1S/C35H32F8N6O3S/c1-2-49(23-14-51-31-17(23)6-9-50-31)30-19-10-21(34(38,39)40)25(18-4-5-22(37)28-24(18)20(12-44)29(45)53-28)26(35(41,42)43)27(19)46-32(47-30)52-15-33-7-3-8-48(33)13-16(36)11-33/h4-5,10,16-17,23,31H,2-3,6-9,11,13-15,45H2,1H3. The van der Waals surface area contributed by atoms with Gasteiger partial charge in [0.2, 0.25) is 0 Å². The molecule has 0 radical (unpaired) electrons. The highest BCUT2D eigenvalue weighted by Gasteiger charge is 2.51. The van der Waals surface area contributed by atoms with Crippen LogP contribution in [0.3, 0.4) is 0 Å². The lowest BCUT2D eigenvalue weighted by atomic mass is 9.88. The number of nitrogens with zero attached hydrogens (tertiary/aromatic N) is 5. The van der Waals surface area contributed by atoms with Crippen molar-refractivity contribution in [3.63, 3.8) is 0 Å². The van der Waals surface area contributed by atoms with Crippen LogP contribution in [0.5, 0.6) is 6.01 Å². The van der Waals surface area contributed by atoms with Crippen LogP contribution < -0.4 is 15.4 Å². The number of hydrogen-bond acceptors (Lipinski definition) is 10. The van der Waals surface area contributed by atoms with Crippen LogP contribution in [-0.4, -0.2) is 78.4 Å². The van der Waals surface area contributed by atoms with E-state index in [1.807, 2.05) is 4.90 Å². The zero-order valence-corrected chi connectivity index (χ0v) is 28.9. The lowest BCUT2D eigenvalue weighted by Crippen LogP contribution is -2.44. The molecule has 8 rings (SSSR count). The molecule has 4 fully saturated rings. The van der Waals surface area contributed by atoms with Gasteiger partial charge in [-0.1, -0.05) is 6.07 Å². The van der Waals surface area contributed by atoms with E-state index in [9.17, 15) is 9.65 Å². The van der Waals surface area contributed by atoms with E-state index < -0.39 is 92.3 Å². The molecule has 0 aliphatic carbocycles. The van der Waals surface area contributed by atoms with Gasteiger partial charge in [0.15, 0.2) is 6.29 Å². The molecule has 4 aliphatic heterocycles. The Morgan fingerprint density at radius 1 is 1.17 bits per heavy atom. The summed E-state index contributed by atoms with van der Waals surface area (Å²) in [5.74, 6) is -1.47. The minimum absolute atomic E-state index is 0.0707. The molecular weight excluding hydrogens is 736 g/mol. The molecule has 0 saturated carbocycles. The number of nitrogen functional groups attached to an aromatic ring is 1. The van der Waals surface area contributed by atoms with Crippen molar-refractivity contribution in [3.8, 4) is 23.2 Å². The summed E-state index contributed by atoms with van der Waals surface area (Å²) in [6.45, 7) is 2.84. The van der Waals surface area contributed by atoms with Crippen LogP contribution in [0.4, 0.5) is 45.9 Å². The Labute approximate surface area is 301 Å². The fourth-order valence-electron chi connectivity index (χ4n) is 8.75. The molecule has 0 bridgehead atoms. The first-order valence-corrected chi connectivity index (χ1v) is 17.9. The number of rotatable bonds is 7. The molecule has 4 aromatic rings. The van der Waals surface area contributed by atoms with Crippen LogP contribution in [0, 0.1) is 23.1 Å². The molecule has 0 spiro atoms. The average Bonchev–Trinajstić information content (AvgIpc) is 3.90. The van der Waals surface area contributed by atoms with Crippen LogP contribution in [0.1, 0.15) is 49.3 Å². The zero-order chi connectivity index (χ0) is 37.6. The number of nitrogens with two attached hydrogens (primary N) is 1. The third-order valence-corrected chi connectivity index (χ3v) is 12.0. The summed E-state index contributed by atoms with van der Waals surface area (Å²) in [4.78, 5) is 12.2. The first-order chi connectivity index (χ1) is 25.1. The average molecular weight is 769 g/mol. The Balaban J connectivity index is 1.42. The van der Waals surface area contributed by atoms with Gasteiger partial charge in [0.05, 0.1) is 51.7 Å². The Hall–Kier alpha value is -4.05. The summed E-state index contributed by atoms with van der Waals surface area (Å²) in [6, 6.07) is 2.74. The number of likely N-dealkylation sites (N-methyl/N-ethyl adjacent to an activating group) is 1. The van der Waals surface area contributed by atoms with E-state index >= 15 is 30.7 Å². The van der Waals surface area contributed by atoms with E-state index in [1.165, 1.54) is 0 Å². The molecule has 282 valence electrons. The molecule has 9 nitrogen and oxygen atoms in total. The lowest BCUT2D eigenvalue weighted by Gasteiger charge is -2.33. The predicted molar refractivity (Wildman–Crippen MR) is 179 cm³/mol. The molecule has 5 unspecified atom stereocenters. The Bertz CT molecular complexity index is 2160. The summed E-state index contributed by atoms with van der Waals surface area (Å²) >= 11 is 0.541. The number of thiophene rings is 1. The fourth-order valence-corrected chi connectivity index (χ4v) is 9.70. The van der Waals surface area contributed by atoms with Gasteiger partial charge in [0.25, 0.3) is 0 Å². The largest absolute Gasteiger partial charge is 0.461 e. The first-order valence-electron chi connectivity index (χ1n) is 17.1. The number of fused-ring (bicyclic) bond motifs is 4. The maximum absolute atomic E-state index is 15.6. The number of alkyl halides is 7. The van der Waals surface area contributed by atoms with Crippen LogP contribution in [0.25, 0.3) is 32.1 Å². The highest BCUT2D eigenvalue weighted by atomic mass is 32.1. The minimum atomic E-state index is -5.49. The smallest absolute Gasteiger partial charge is 0.419 e. The van der Waals surface area contributed by atoms with Gasteiger partial charge in [0.1, 0.15) is 35.5 Å². The fraction of sp³-hybridized carbons (Fsp3) is 0.514. The number of halogens is 8. The van der Waals surface area contributed by atoms with Crippen LogP contribution in [0.15, 0.2) is 18.2 Å². The third-order valence-electron chi connectivity index (χ3n) is 11.0. The Kier molecular flexibility index (Phi) is 8.67. The number of ether oxygens (including phenoxy) is 3. The van der Waals surface area contributed by atoms with Gasteiger partial charge in [-0.3, -0.25) is 4.90 Å². The second-order valence-electron chi connectivity index (χ2n) is 13.9. The van der Waals surface area contributed by atoms with E-state index in [4.69, 9.17) is 19.9 Å². The summed E-state index contributed by atoms with van der Waals surface area (Å²) in [5.41, 5.74) is -1.69. The normalized spacial score (nSPS) is 26.0. The molecule has 4 saturated heterocycles. The van der Waals surface area contributed by atoms with Crippen molar-refractivity contribution in [2.24, 2.45) is 5.92 Å². The Morgan fingerprint density at radius 3 is 2.68 bits per heavy atom. The topological polar surface area (TPSA) is 110 Å². The van der Waals surface area contributed by atoms with Gasteiger partial charge >= 0.3 is 18.4 Å². The lowest BCUT2D eigenvalue weighted by molar-refractivity contribution is -0.141. The molecule has 0 amide bonds. The summed E-state index contributed by atoms with van der Waals surface area (Å²) in [7, 11) is 0. The SMILES string of the molecule is CCN(c1nc(OCC23CCCN2CC(F)C3)nc2c(C(F)(F)F)c(-c3ccc(F)c4sc(N)c(C#N)c34)c(C(F)(F)F)cc12)C1COC2OCCC21. The van der Waals surface area contributed by atoms with E-state index in [0.29, 0.717) is 43.4 Å². The summed E-state index contributed by atoms with van der Waals surface area (Å²) in [5, 5.41) is 8.57. The van der Waals surface area contributed by atoms with Gasteiger partial charge in [-0.05, 0) is 50.4 Å². The Morgan fingerprint density at radius 2 is 1.96 bits per heavy atom. The third kappa shape index (κ3) is 5.81. The highest BCUT2D eigenvalue weighted by Crippen LogP contribution is 2.53. The molecule has 2 N–H and O–H groups in total. The quantitative estimate of drug-likeness (QED) is 0.189. The minimum Gasteiger partial charge on any atom is -0.461 e. The molecule has 2 aromatic carbocycles. The van der Waals surface area contributed by atoms with Gasteiger partial charge in [0, 0.05) is 41.8 Å². The first kappa shape index (κ1) is 36.0. The predicted octanol–water partition coefficient (Wildman–Crippen LogP) is 7.68. The number of aromatic nitrogens is 2. The van der Waals surface area contributed by atoms with Crippen molar-refractivity contribution in [2.45, 2.75) is 69.0 Å². The number of anilines is 2. The van der Waals surface area contributed by atoms with Gasteiger partial charge in [-0.15, -0.1) is 11.3 Å². The maximum atomic E-state index is 15.6. The van der Waals surface area contributed by atoms with E-state index in [-0.39, 0.29) is 54.2 Å². The van der Waals surface area contributed by atoms with Crippen molar-refractivity contribution in [1.29, 1.82) is 5.26 Å². The second-order valence-corrected chi connectivity index (χ2v) is 14.9. The van der Waals surface area contributed by atoms with E-state index in [0.717, 1.165) is 18.6 Å². The molecular formula is C35H32F8N6O3S. The van der Waals surface area contributed by atoms with Crippen LogP contribution in [-0.2, 0) is 21.8 Å². The van der Waals surface area contributed by atoms with Crippen molar-refractivity contribution >= 4 is 43.1 Å². The van der Waals surface area contributed by atoms with Gasteiger partial charge < -0.3 is 24.8 Å². The van der Waals surface area contributed by atoms with E-state index in [2.05, 4.69) is 9.97 Å². The molecule has 2 aromatic heterocycles. The molecule has 4 aliphatic rings. The molecule has 53 heavy (non-hydrogen) atoms. The van der Waals surface area contributed by atoms with Crippen molar-refractivity contribution in [3.05, 3.63) is 40.7 Å². The van der Waals surface area contributed by atoms with Crippen molar-refractivity contribution in [1.82, 2.24) is 14.9 Å². The van der Waals surface area contributed by atoms with E-state index in [1.54, 1.807) is 17.9 Å². The number of nitriles is 1. The van der Waals surface area contributed by atoms with Gasteiger partial charge in [-0.25, -0.2) is 8.78 Å². The second kappa shape index (κ2) is 12.8. The van der Waals surface area contributed by atoms with Crippen LogP contribution in [0.2, 0.25) is 0 Å². The monoisotopic (exact) mass is 768 g/mol. The summed E-state index contributed by atoms with van der Waals surface area (Å²) in [6.07, 6.45) is -10.6. The van der Waals surface area contributed by atoms with Gasteiger partial charge in [-0.2, -0.15) is 41.6 Å². The molecule has 5 atom stereocenters. The molecule has 18 heteroatoms. The van der Waals surface area contributed by atoms with Crippen molar-refractivity contribution < 1.29 is 49.3 Å². The number of benzene rings is 2. The zero-order valence-electron chi connectivity index (χ0n) is 28.1. The number of hydrogen-bond donors (Lipinski definition) is 1. The highest BCUT2D eigenvalue weighted by molar-refractivity contribution is 7.23. The summed E-state index contributed by atoms with van der Waals surface area (Å²) < 4.78 is 139.